The van der Waals surface area contributed by atoms with E-state index in [2.05, 4.69) is 20.8 Å². The van der Waals surface area contributed by atoms with Crippen LogP contribution in [0.3, 0.4) is 0 Å². The predicted octanol–water partition coefficient (Wildman–Crippen LogP) is 5.04. The van der Waals surface area contributed by atoms with Gasteiger partial charge in [0.05, 0.1) is 13.2 Å². The van der Waals surface area contributed by atoms with Crippen molar-refractivity contribution < 1.29 is 19.1 Å². The van der Waals surface area contributed by atoms with Crippen LogP contribution < -0.4 is 0 Å². The molecule has 0 rings (SSSR count). The summed E-state index contributed by atoms with van der Waals surface area (Å²) in [4.78, 5) is 23.2. The van der Waals surface area contributed by atoms with Crippen LogP contribution in [0.4, 0.5) is 0 Å². The Morgan fingerprint density at radius 1 is 0.739 bits per heavy atom. The lowest BCUT2D eigenvalue weighted by Gasteiger charge is -2.15. The molecule has 0 atom stereocenters. The van der Waals surface area contributed by atoms with E-state index in [1.807, 2.05) is 0 Å². The van der Waals surface area contributed by atoms with Gasteiger partial charge in [-0.3, -0.25) is 9.59 Å². The molecular formula is C19H36O4. The topological polar surface area (TPSA) is 52.6 Å². The summed E-state index contributed by atoms with van der Waals surface area (Å²) in [5.74, 6) is 0.0733. The smallest absolute Gasteiger partial charge is 0.305 e. The quantitative estimate of drug-likeness (QED) is 0.312. The van der Waals surface area contributed by atoms with E-state index in [1.165, 1.54) is 12.8 Å². The molecule has 0 N–H and O–H groups in total. The number of hydrogen-bond donors (Lipinski definition) is 0. The number of carbonyl (C=O) groups is 2. The summed E-state index contributed by atoms with van der Waals surface area (Å²) < 4.78 is 10.5. The molecule has 4 nitrogen and oxygen atoms in total. The molecule has 0 aromatic carbocycles. The lowest BCUT2D eigenvalue weighted by atomic mass is 9.99. The summed E-state index contributed by atoms with van der Waals surface area (Å²) in [6.07, 6.45) is 9.94. The fourth-order valence-electron chi connectivity index (χ4n) is 2.57. The average Bonchev–Trinajstić information content (AvgIpc) is 2.53. The van der Waals surface area contributed by atoms with Crippen molar-refractivity contribution in [2.45, 2.75) is 91.4 Å². The van der Waals surface area contributed by atoms with Crippen molar-refractivity contribution >= 4 is 11.9 Å². The minimum absolute atomic E-state index is 0.196. The Balaban J connectivity index is 3.62. The number of hydrogen-bond acceptors (Lipinski definition) is 4. The van der Waals surface area contributed by atoms with Crippen molar-refractivity contribution in [3.05, 3.63) is 0 Å². The van der Waals surface area contributed by atoms with Crippen molar-refractivity contribution in [1.82, 2.24) is 0 Å². The van der Waals surface area contributed by atoms with Crippen LogP contribution in [0, 0.1) is 5.92 Å². The van der Waals surface area contributed by atoms with Crippen LogP contribution in [-0.2, 0) is 19.1 Å². The first-order valence-corrected chi connectivity index (χ1v) is 9.45. The predicted molar refractivity (Wildman–Crippen MR) is 93.2 cm³/mol. The van der Waals surface area contributed by atoms with Gasteiger partial charge < -0.3 is 9.47 Å². The standard InChI is InChI=1S/C19H36O4/c1-4-7-8-9-15-22-18(20)13-10-14-19(21)23-16-17(11-5-2)12-6-3/h17H,4-16H2,1-3H3. The van der Waals surface area contributed by atoms with Gasteiger partial charge in [-0.05, 0) is 31.6 Å². The first-order valence-electron chi connectivity index (χ1n) is 9.45. The molecule has 0 saturated carbocycles. The molecule has 0 heterocycles. The maximum absolute atomic E-state index is 11.7. The largest absolute Gasteiger partial charge is 0.466 e. The van der Waals surface area contributed by atoms with Crippen molar-refractivity contribution in [1.29, 1.82) is 0 Å². The summed E-state index contributed by atoms with van der Waals surface area (Å²) in [6, 6.07) is 0. The lowest BCUT2D eigenvalue weighted by molar-refractivity contribution is -0.146. The van der Waals surface area contributed by atoms with Crippen molar-refractivity contribution in [2.75, 3.05) is 13.2 Å². The SMILES string of the molecule is CCCCCCOC(=O)CCCC(=O)OCC(CCC)CCC. The van der Waals surface area contributed by atoms with E-state index in [-0.39, 0.29) is 11.9 Å². The van der Waals surface area contributed by atoms with Gasteiger partial charge in [-0.25, -0.2) is 0 Å². The Morgan fingerprint density at radius 3 is 1.91 bits per heavy atom. The van der Waals surface area contributed by atoms with E-state index >= 15 is 0 Å². The number of unbranched alkanes of at least 4 members (excludes halogenated alkanes) is 3. The minimum atomic E-state index is -0.204. The lowest BCUT2D eigenvalue weighted by Crippen LogP contribution is -2.14. The highest BCUT2D eigenvalue weighted by Crippen LogP contribution is 2.14. The third-order valence-corrected chi connectivity index (χ3v) is 3.90. The van der Waals surface area contributed by atoms with E-state index in [1.54, 1.807) is 0 Å². The zero-order valence-corrected chi connectivity index (χ0v) is 15.4. The second-order valence-corrected chi connectivity index (χ2v) is 6.26. The molecule has 0 amide bonds. The molecule has 0 aromatic rings. The summed E-state index contributed by atoms with van der Waals surface area (Å²) in [7, 11) is 0. The molecule has 23 heavy (non-hydrogen) atoms. The zero-order valence-electron chi connectivity index (χ0n) is 15.4. The summed E-state index contributed by atoms with van der Waals surface area (Å²) in [5, 5.41) is 0. The third kappa shape index (κ3) is 14.3. The summed E-state index contributed by atoms with van der Waals surface area (Å²) in [6.45, 7) is 7.47. The molecule has 0 unspecified atom stereocenters. The minimum Gasteiger partial charge on any atom is -0.466 e. The summed E-state index contributed by atoms with van der Waals surface area (Å²) >= 11 is 0. The van der Waals surface area contributed by atoms with E-state index in [9.17, 15) is 9.59 Å². The maximum Gasteiger partial charge on any atom is 0.305 e. The molecule has 0 fully saturated rings. The molecule has 0 aromatic heterocycles. The van der Waals surface area contributed by atoms with Gasteiger partial charge in [-0.15, -0.1) is 0 Å². The van der Waals surface area contributed by atoms with E-state index in [0.29, 0.717) is 38.4 Å². The van der Waals surface area contributed by atoms with Crippen LogP contribution in [0.15, 0.2) is 0 Å². The first-order chi connectivity index (χ1) is 11.1. The number of ether oxygens (including phenoxy) is 2. The van der Waals surface area contributed by atoms with Crippen LogP contribution >= 0.6 is 0 Å². The number of rotatable bonds is 15. The molecule has 4 heteroatoms. The highest BCUT2D eigenvalue weighted by atomic mass is 16.5. The summed E-state index contributed by atoms with van der Waals surface area (Å²) in [5.41, 5.74) is 0. The van der Waals surface area contributed by atoms with Crippen LogP contribution in [0.2, 0.25) is 0 Å². The molecule has 0 aliphatic carbocycles. The molecule has 0 aliphatic heterocycles. The second kappa shape index (κ2) is 15.8. The highest BCUT2D eigenvalue weighted by Gasteiger charge is 2.11. The Morgan fingerprint density at radius 2 is 1.35 bits per heavy atom. The van der Waals surface area contributed by atoms with Crippen LogP contribution in [-0.4, -0.2) is 25.2 Å². The molecule has 0 saturated heterocycles. The van der Waals surface area contributed by atoms with E-state index in [4.69, 9.17) is 9.47 Å². The molecule has 0 spiro atoms. The fourth-order valence-corrected chi connectivity index (χ4v) is 2.57. The van der Waals surface area contributed by atoms with Crippen LogP contribution in [0.1, 0.15) is 91.4 Å². The fraction of sp³-hybridized carbons (Fsp3) is 0.895. The highest BCUT2D eigenvalue weighted by molar-refractivity contribution is 5.72. The van der Waals surface area contributed by atoms with Crippen LogP contribution in [0.5, 0.6) is 0 Å². The van der Waals surface area contributed by atoms with Gasteiger partial charge in [0.15, 0.2) is 0 Å². The Kier molecular flexibility index (Phi) is 15.1. The van der Waals surface area contributed by atoms with E-state index in [0.717, 1.165) is 38.5 Å². The van der Waals surface area contributed by atoms with Gasteiger partial charge >= 0.3 is 11.9 Å². The molecule has 136 valence electrons. The van der Waals surface area contributed by atoms with Gasteiger partial charge in [-0.1, -0.05) is 52.9 Å². The van der Waals surface area contributed by atoms with Crippen molar-refractivity contribution in [3.8, 4) is 0 Å². The maximum atomic E-state index is 11.7. The Bertz CT molecular complexity index is 296. The first kappa shape index (κ1) is 21.9. The van der Waals surface area contributed by atoms with Gasteiger partial charge in [-0.2, -0.15) is 0 Å². The molecule has 0 radical (unpaired) electrons. The van der Waals surface area contributed by atoms with Gasteiger partial charge in [0, 0.05) is 12.8 Å². The third-order valence-electron chi connectivity index (χ3n) is 3.90. The normalized spacial score (nSPS) is 10.8. The molecular weight excluding hydrogens is 292 g/mol. The molecule has 0 aliphatic rings. The van der Waals surface area contributed by atoms with Gasteiger partial charge in [0.25, 0.3) is 0 Å². The molecule has 0 bridgehead atoms. The number of esters is 2. The number of carbonyl (C=O) groups excluding carboxylic acids is 2. The van der Waals surface area contributed by atoms with Crippen LogP contribution in [0.25, 0.3) is 0 Å². The Labute approximate surface area is 142 Å². The van der Waals surface area contributed by atoms with Gasteiger partial charge in [0.1, 0.15) is 0 Å². The Hall–Kier alpha value is -1.06. The van der Waals surface area contributed by atoms with Crippen molar-refractivity contribution in [3.63, 3.8) is 0 Å². The monoisotopic (exact) mass is 328 g/mol. The zero-order chi connectivity index (χ0) is 17.3. The van der Waals surface area contributed by atoms with E-state index < -0.39 is 0 Å². The average molecular weight is 328 g/mol. The second-order valence-electron chi connectivity index (χ2n) is 6.26. The van der Waals surface area contributed by atoms with Crippen molar-refractivity contribution in [2.24, 2.45) is 5.92 Å². The van der Waals surface area contributed by atoms with Gasteiger partial charge in [0.2, 0.25) is 0 Å².